The Balaban J connectivity index is 2.14. The lowest BCUT2D eigenvalue weighted by Gasteiger charge is -2.38. The maximum atomic E-state index is 11.9. The molecule has 142 valence electrons. The van der Waals surface area contributed by atoms with E-state index in [1.807, 2.05) is 36.4 Å². The normalized spacial score (nSPS) is 11.2. The minimum atomic E-state index is -0.560. The highest BCUT2D eigenvalue weighted by Gasteiger charge is 2.39. The largest absolute Gasteiger partial charge is 0.369 e. The summed E-state index contributed by atoms with van der Waals surface area (Å²) in [5.41, 5.74) is 10.5. The Morgan fingerprint density at radius 1 is 0.586 bits per heavy atom. The van der Waals surface area contributed by atoms with Crippen molar-refractivity contribution in [3.05, 3.63) is 143 Å². The first-order valence-electron chi connectivity index (χ1n) is 9.76. The predicted octanol–water partition coefficient (Wildman–Crippen LogP) is 5.10. The van der Waals surface area contributed by atoms with Gasteiger partial charge < -0.3 is 5.73 Å². The van der Waals surface area contributed by atoms with Gasteiger partial charge in [-0.25, -0.2) is 0 Å². The van der Waals surface area contributed by atoms with Crippen molar-refractivity contribution in [2.24, 2.45) is 5.73 Å². The number of primary amides is 1. The average Bonchev–Trinajstić information content (AvgIpc) is 2.77. The number of carbonyl (C=O) groups excluding carboxylic acids is 1. The molecule has 2 nitrogen and oxygen atoms in total. The number of hydrogen-bond acceptors (Lipinski definition) is 1. The molecule has 4 aromatic carbocycles. The highest BCUT2D eigenvalue weighted by Crippen LogP contribution is 2.46. The van der Waals surface area contributed by atoms with E-state index in [1.165, 1.54) is 0 Å². The molecule has 1 amide bonds. The number of amides is 1. The molecular weight excluding hydrogens is 354 g/mol. The Labute approximate surface area is 171 Å². The molecule has 29 heavy (non-hydrogen) atoms. The Kier molecular flexibility index (Phi) is 5.26. The summed E-state index contributed by atoms with van der Waals surface area (Å²) in [6.07, 6.45) is 0.199. The van der Waals surface area contributed by atoms with Crippen molar-refractivity contribution in [1.82, 2.24) is 0 Å². The second-order valence-corrected chi connectivity index (χ2v) is 7.15. The van der Waals surface area contributed by atoms with Crippen molar-refractivity contribution in [2.75, 3.05) is 0 Å². The number of rotatable bonds is 6. The third-order valence-corrected chi connectivity index (χ3v) is 5.41. The number of hydrogen-bond donors (Lipinski definition) is 1. The van der Waals surface area contributed by atoms with Crippen LogP contribution in [-0.4, -0.2) is 5.91 Å². The summed E-state index contributed by atoms with van der Waals surface area (Å²) in [5, 5.41) is 0. The van der Waals surface area contributed by atoms with Crippen molar-refractivity contribution >= 4 is 5.91 Å². The second-order valence-electron chi connectivity index (χ2n) is 7.15. The van der Waals surface area contributed by atoms with E-state index in [1.54, 1.807) is 0 Å². The minimum Gasteiger partial charge on any atom is -0.369 e. The molecule has 0 aliphatic heterocycles. The highest BCUT2D eigenvalue weighted by molar-refractivity contribution is 5.78. The van der Waals surface area contributed by atoms with Gasteiger partial charge in [0, 0.05) is 0 Å². The van der Waals surface area contributed by atoms with Crippen LogP contribution in [0.15, 0.2) is 115 Å². The second kappa shape index (κ2) is 8.15. The molecule has 0 radical (unpaired) electrons. The molecule has 0 aromatic heterocycles. The van der Waals surface area contributed by atoms with E-state index in [0.717, 1.165) is 27.8 Å². The van der Waals surface area contributed by atoms with E-state index in [0.29, 0.717) is 0 Å². The quantitative estimate of drug-likeness (QED) is 0.467. The summed E-state index contributed by atoms with van der Waals surface area (Å²) in [5.74, 6) is -0.333. The van der Waals surface area contributed by atoms with E-state index >= 15 is 0 Å². The first-order chi connectivity index (χ1) is 14.2. The molecule has 0 spiro atoms. The first kappa shape index (κ1) is 18.7. The van der Waals surface area contributed by atoms with E-state index in [4.69, 9.17) is 5.73 Å². The van der Waals surface area contributed by atoms with Gasteiger partial charge in [0.05, 0.1) is 11.8 Å². The zero-order chi connectivity index (χ0) is 20.1. The Morgan fingerprint density at radius 3 is 1.38 bits per heavy atom. The van der Waals surface area contributed by atoms with Crippen LogP contribution in [0.4, 0.5) is 0 Å². The lowest BCUT2D eigenvalue weighted by molar-refractivity contribution is -0.117. The summed E-state index contributed by atoms with van der Waals surface area (Å²) in [7, 11) is 0. The summed E-state index contributed by atoms with van der Waals surface area (Å²) < 4.78 is 0. The average molecular weight is 377 g/mol. The van der Waals surface area contributed by atoms with Gasteiger partial charge in [-0.15, -0.1) is 0 Å². The van der Waals surface area contributed by atoms with Gasteiger partial charge in [0.1, 0.15) is 0 Å². The third kappa shape index (κ3) is 3.45. The van der Waals surface area contributed by atoms with Gasteiger partial charge in [-0.2, -0.15) is 0 Å². The van der Waals surface area contributed by atoms with Crippen LogP contribution < -0.4 is 5.73 Å². The standard InChI is InChI=1S/C27H23NO/c28-26(29)20-21-12-10-11-19-25(21)27(22-13-4-1-5-14-22,23-15-6-2-7-16-23)24-17-8-3-9-18-24/h1-19H,20H2,(H2,28,29). The fourth-order valence-corrected chi connectivity index (χ4v) is 4.26. The summed E-state index contributed by atoms with van der Waals surface area (Å²) in [6, 6.07) is 39.5. The van der Waals surface area contributed by atoms with Crippen LogP contribution in [0.5, 0.6) is 0 Å². The van der Waals surface area contributed by atoms with Crippen LogP contribution in [0.25, 0.3) is 0 Å². The molecule has 0 fully saturated rings. The van der Waals surface area contributed by atoms with Crippen LogP contribution >= 0.6 is 0 Å². The Hall–Kier alpha value is -3.65. The Bertz CT molecular complexity index is 992. The van der Waals surface area contributed by atoms with Gasteiger partial charge >= 0.3 is 0 Å². The number of benzene rings is 4. The molecule has 0 aliphatic carbocycles. The fourth-order valence-electron chi connectivity index (χ4n) is 4.26. The van der Waals surface area contributed by atoms with Gasteiger partial charge in [0.15, 0.2) is 0 Å². The lowest BCUT2D eigenvalue weighted by Crippen LogP contribution is -2.33. The van der Waals surface area contributed by atoms with Crippen molar-refractivity contribution in [3.63, 3.8) is 0 Å². The van der Waals surface area contributed by atoms with Crippen molar-refractivity contribution < 1.29 is 4.79 Å². The van der Waals surface area contributed by atoms with Gasteiger partial charge in [-0.05, 0) is 27.8 Å². The van der Waals surface area contributed by atoms with Crippen molar-refractivity contribution in [3.8, 4) is 0 Å². The van der Waals surface area contributed by atoms with E-state index in [2.05, 4.69) is 78.9 Å². The van der Waals surface area contributed by atoms with Gasteiger partial charge in [0.2, 0.25) is 5.91 Å². The van der Waals surface area contributed by atoms with Crippen molar-refractivity contribution in [1.29, 1.82) is 0 Å². The van der Waals surface area contributed by atoms with Crippen LogP contribution in [0, 0.1) is 0 Å². The maximum absolute atomic E-state index is 11.9. The zero-order valence-corrected chi connectivity index (χ0v) is 16.2. The smallest absolute Gasteiger partial charge is 0.221 e. The maximum Gasteiger partial charge on any atom is 0.221 e. The molecule has 4 aromatic rings. The van der Waals surface area contributed by atoms with Gasteiger partial charge in [0.25, 0.3) is 0 Å². The topological polar surface area (TPSA) is 43.1 Å². The van der Waals surface area contributed by atoms with Crippen molar-refractivity contribution in [2.45, 2.75) is 11.8 Å². The van der Waals surface area contributed by atoms with Crippen LogP contribution in [0.2, 0.25) is 0 Å². The van der Waals surface area contributed by atoms with Crippen LogP contribution in [0.3, 0.4) is 0 Å². The molecule has 4 rings (SSSR count). The predicted molar refractivity (Wildman–Crippen MR) is 118 cm³/mol. The molecule has 0 aliphatic rings. The minimum absolute atomic E-state index is 0.199. The SMILES string of the molecule is NC(=O)Cc1ccccc1C(c1ccccc1)(c1ccccc1)c1ccccc1. The lowest BCUT2D eigenvalue weighted by atomic mass is 9.64. The third-order valence-electron chi connectivity index (χ3n) is 5.41. The van der Waals surface area contributed by atoms with Gasteiger partial charge in [-0.3, -0.25) is 4.79 Å². The van der Waals surface area contributed by atoms with E-state index in [-0.39, 0.29) is 12.3 Å². The molecule has 0 saturated carbocycles. The van der Waals surface area contributed by atoms with E-state index < -0.39 is 5.41 Å². The summed E-state index contributed by atoms with van der Waals surface area (Å²) in [4.78, 5) is 11.9. The molecule has 2 N–H and O–H groups in total. The summed E-state index contributed by atoms with van der Waals surface area (Å²) >= 11 is 0. The fraction of sp³-hybridized carbons (Fsp3) is 0.0741. The van der Waals surface area contributed by atoms with Crippen LogP contribution in [-0.2, 0) is 16.6 Å². The zero-order valence-electron chi connectivity index (χ0n) is 16.2. The molecule has 2 heteroatoms. The first-order valence-corrected chi connectivity index (χ1v) is 9.76. The monoisotopic (exact) mass is 377 g/mol. The summed E-state index contributed by atoms with van der Waals surface area (Å²) in [6.45, 7) is 0. The van der Waals surface area contributed by atoms with E-state index in [9.17, 15) is 4.79 Å². The molecule has 0 heterocycles. The number of nitrogens with two attached hydrogens (primary N) is 1. The molecule has 0 unspecified atom stereocenters. The molecule has 0 saturated heterocycles. The van der Waals surface area contributed by atoms with Crippen LogP contribution in [0.1, 0.15) is 27.8 Å². The Morgan fingerprint density at radius 2 is 0.966 bits per heavy atom. The van der Waals surface area contributed by atoms with Gasteiger partial charge in [-0.1, -0.05) is 115 Å². The number of carbonyl (C=O) groups is 1. The molecule has 0 bridgehead atoms. The highest BCUT2D eigenvalue weighted by atomic mass is 16.1. The molecule has 0 atom stereocenters. The molecular formula is C27H23NO.